The van der Waals surface area contributed by atoms with Crippen LogP contribution in [0.1, 0.15) is 32.6 Å². The van der Waals surface area contributed by atoms with E-state index in [1.165, 1.54) is 32.8 Å². The van der Waals surface area contributed by atoms with E-state index in [0.29, 0.717) is 17.4 Å². The number of ether oxygens (including phenoxy) is 1. The predicted molar refractivity (Wildman–Crippen MR) is 79.3 cm³/mol. The number of nitro benzene ring substituents is 1. The first-order valence-corrected chi connectivity index (χ1v) is 7.17. The molecule has 1 aliphatic carbocycles. The lowest BCUT2D eigenvalue weighted by Gasteiger charge is -2.27. The normalized spacial score (nSPS) is 22.3. The van der Waals surface area contributed by atoms with Crippen LogP contribution in [0.15, 0.2) is 18.2 Å². The zero-order valence-corrected chi connectivity index (χ0v) is 12.1. The van der Waals surface area contributed by atoms with E-state index >= 15 is 0 Å². The van der Waals surface area contributed by atoms with Crippen LogP contribution in [0.4, 0.5) is 11.4 Å². The fraction of sp³-hybridized carbons (Fsp3) is 0.600. The number of nitrogens with one attached hydrogen (secondary N) is 1. The van der Waals surface area contributed by atoms with E-state index in [-0.39, 0.29) is 10.6 Å². The third-order valence-corrected chi connectivity index (χ3v) is 4.03. The third kappa shape index (κ3) is 3.40. The minimum Gasteiger partial charge on any atom is -0.490 e. The Hall–Kier alpha value is -1.78. The van der Waals surface area contributed by atoms with Crippen LogP contribution in [0, 0.1) is 22.0 Å². The molecule has 1 aliphatic rings. The van der Waals surface area contributed by atoms with Crippen LogP contribution in [0.2, 0.25) is 0 Å². The van der Waals surface area contributed by atoms with Gasteiger partial charge in [-0.2, -0.15) is 0 Å². The van der Waals surface area contributed by atoms with E-state index in [1.807, 2.05) is 0 Å². The van der Waals surface area contributed by atoms with Gasteiger partial charge in [0.15, 0.2) is 5.75 Å². The van der Waals surface area contributed by atoms with E-state index < -0.39 is 0 Å². The second kappa shape index (κ2) is 6.59. The molecule has 0 radical (unpaired) electrons. The van der Waals surface area contributed by atoms with Gasteiger partial charge in [0.25, 0.3) is 0 Å². The molecular formula is C15H22N2O3. The van der Waals surface area contributed by atoms with Gasteiger partial charge >= 0.3 is 5.69 Å². The van der Waals surface area contributed by atoms with Crippen LogP contribution < -0.4 is 10.1 Å². The highest BCUT2D eigenvalue weighted by atomic mass is 16.6. The van der Waals surface area contributed by atoms with Crippen molar-refractivity contribution in [3.8, 4) is 5.75 Å². The van der Waals surface area contributed by atoms with Crippen molar-refractivity contribution in [2.75, 3.05) is 19.0 Å². The fourth-order valence-electron chi connectivity index (χ4n) is 3.02. The number of hydrogen-bond acceptors (Lipinski definition) is 4. The molecule has 110 valence electrons. The molecular weight excluding hydrogens is 256 g/mol. The Bertz CT molecular complexity index is 476. The van der Waals surface area contributed by atoms with Crippen molar-refractivity contribution in [2.45, 2.75) is 32.6 Å². The van der Waals surface area contributed by atoms with E-state index in [9.17, 15) is 10.1 Å². The van der Waals surface area contributed by atoms with E-state index in [2.05, 4.69) is 12.2 Å². The molecule has 0 spiro atoms. The van der Waals surface area contributed by atoms with E-state index in [1.54, 1.807) is 18.2 Å². The van der Waals surface area contributed by atoms with Crippen LogP contribution in [0.5, 0.6) is 5.75 Å². The van der Waals surface area contributed by atoms with Gasteiger partial charge in [0.1, 0.15) is 5.69 Å². The van der Waals surface area contributed by atoms with Crippen LogP contribution in [0.3, 0.4) is 0 Å². The van der Waals surface area contributed by atoms with Crippen molar-refractivity contribution in [3.05, 3.63) is 28.3 Å². The summed E-state index contributed by atoms with van der Waals surface area (Å²) < 4.78 is 5.07. The Balaban J connectivity index is 2.07. The molecule has 0 aromatic heterocycles. The van der Waals surface area contributed by atoms with Crippen LogP contribution in [-0.4, -0.2) is 18.6 Å². The Morgan fingerprint density at radius 3 is 2.90 bits per heavy atom. The summed E-state index contributed by atoms with van der Waals surface area (Å²) >= 11 is 0. The van der Waals surface area contributed by atoms with Crippen molar-refractivity contribution in [3.63, 3.8) is 0 Å². The van der Waals surface area contributed by atoms with Gasteiger partial charge in [-0.3, -0.25) is 10.1 Å². The summed E-state index contributed by atoms with van der Waals surface area (Å²) in [5.74, 6) is 1.66. The average molecular weight is 278 g/mol. The van der Waals surface area contributed by atoms with Gasteiger partial charge in [-0.25, -0.2) is 0 Å². The summed E-state index contributed by atoms with van der Waals surface area (Å²) in [6.45, 7) is 3.07. The Kier molecular flexibility index (Phi) is 4.82. The quantitative estimate of drug-likeness (QED) is 0.656. The number of hydrogen-bond donors (Lipinski definition) is 1. The summed E-state index contributed by atoms with van der Waals surface area (Å²) in [6.07, 6.45) is 4.96. The summed E-state index contributed by atoms with van der Waals surface area (Å²) in [6, 6.07) is 5.14. The molecule has 1 N–H and O–H groups in total. The minimum atomic E-state index is -0.384. The van der Waals surface area contributed by atoms with Gasteiger partial charge in [0.2, 0.25) is 0 Å². The van der Waals surface area contributed by atoms with Gasteiger partial charge < -0.3 is 10.1 Å². The van der Waals surface area contributed by atoms with E-state index in [4.69, 9.17) is 4.74 Å². The maximum Gasteiger partial charge on any atom is 0.333 e. The first-order chi connectivity index (χ1) is 9.61. The molecule has 2 unspecified atom stereocenters. The first kappa shape index (κ1) is 14.6. The van der Waals surface area contributed by atoms with Gasteiger partial charge in [0, 0.05) is 6.54 Å². The third-order valence-electron chi connectivity index (χ3n) is 4.03. The highest BCUT2D eigenvalue weighted by Crippen LogP contribution is 2.35. The van der Waals surface area contributed by atoms with Crippen molar-refractivity contribution in [1.82, 2.24) is 0 Å². The van der Waals surface area contributed by atoms with E-state index in [0.717, 1.165) is 12.5 Å². The highest BCUT2D eigenvalue weighted by Gasteiger charge is 2.23. The standard InChI is InChI=1S/C15H22N2O3/c1-11-5-3-6-12(9-11)10-16-13-7-4-8-14(20-2)15(13)17(18)19/h4,7-8,11-12,16H,3,5-6,9-10H2,1-2H3. The molecule has 20 heavy (non-hydrogen) atoms. The first-order valence-electron chi connectivity index (χ1n) is 7.17. The summed E-state index contributed by atoms with van der Waals surface area (Å²) in [4.78, 5) is 10.8. The summed E-state index contributed by atoms with van der Waals surface area (Å²) in [7, 11) is 1.45. The molecule has 1 fully saturated rings. The molecule has 5 heteroatoms. The van der Waals surface area contributed by atoms with Gasteiger partial charge in [-0.1, -0.05) is 25.8 Å². The lowest BCUT2D eigenvalue weighted by Crippen LogP contribution is -2.21. The number of nitrogens with zero attached hydrogens (tertiary/aromatic N) is 1. The molecule has 1 saturated carbocycles. The second-order valence-corrected chi connectivity index (χ2v) is 5.63. The van der Waals surface area contributed by atoms with Crippen LogP contribution >= 0.6 is 0 Å². The zero-order chi connectivity index (χ0) is 14.5. The zero-order valence-electron chi connectivity index (χ0n) is 12.1. The molecule has 0 aliphatic heterocycles. The highest BCUT2D eigenvalue weighted by molar-refractivity contribution is 5.68. The van der Waals surface area contributed by atoms with Gasteiger partial charge in [0.05, 0.1) is 12.0 Å². The minimum absolute atomic E-state index is 0.0267. The average Bonchev–Trinajstić information content (AvgIpc) is 2.44. The maximum absolute atomic E-state index is 11.2. The molecule has 0 amide bonds. The lowest BCUT2D eigenvalue weighted by atomic mass is 9.82. The van der Waals surface area contributed by atoms with Crippen molar-refractivity contribution >= 4 is 11.4 Å². The Labute approximate surface area is 119 Å². The van der Waals surface area contributed by atoms with Crippen molar-refractivity contribution < 1.29 is 9.66 Å². The van der Waals surface area contributed by atoms with Crippen molar-refractivity contribution in [1.29, 1.82) is 0 Å². The second-order valence-electron chi connectivity index (χ2n) is 5.63. The summed E-state index contributed by atoms with van der Waals surface area (Å²) in [5, 5.41) is 14.4. The largest absolute Gasteiger partial charge is 0.490 e. The maximum atomic E-state index is 11.2. The molecule has 1 aromatic rings. The van der Waals surface area contributed by atoms with Gasteiger partial charge in [-0.15, -0.1) is 0 Å². The summed E-state index contributed by atoms with van der Waals surface area (Å²) in [5.41, 5.74) is 0.575. The van der Waals surface area contributed by atoms with Crippen LogP contribution in [-0.2, 0) is 0 Å². The Morgan fingerprint density at radius 1 is 1.45 bits per heavy atom. The molecule has 2 atom stereocenters. The number of anilines is 1. The number of para-hydroxylation sites is 1. The SMILES string of the molecule is COc1cccc(NCC2CCCC(C)C2)c1[N+](=O)[O-]. The number of benzene rings is 1. The number of nitro groups is 1. The number of rotatable bonds is 5. The topological polar surface area (TPSA) is 64.4 Å². The predicted octanol–water partition coefficient (Wildman–Crippen LogP) is 3.84. The molecule has 1 aromatic carbocycles. The molecule has 2 rings (SSSR count). The molecule has 0 bridgehead atoms. The number of methoxy groups -OCH3 is 1. The lowest BCUT2D eigenvalue weighted by molar-refractivity contribution is -0.384. The smallest absolute Gasteiger partial charge is 0.333 e. The molecule has 0 heterocycles. The molecule has 0 saturated heterocycles. The Morgan fingerprint density at radius 2 is 2.25 bits per heavy atom. The van der Waals surface area contributed by atoms with Crippen LogP contribution in [0.25, 0.3) is 0 Å². The van der Waals surface area contributed by atoms with Gasteiger partial charge in [-0.05, 0) is 36.8 Å². The monoisotopic (exact) mass is 278 g/mol. The fourth-order valence-corrected chi connectivity index (χ4v) is 3.02. The molecule has 5 nitrogen and oxygen atoms in total. The van der Waals surface area contributed by atoms with Crippen molar-refractivity contribution in [2.24, 2.45) is 11.8 Å².